The molecule has 6 heteroatoms. The molecule has 2 aromatic rings. The lowest BCUT2D eigenvalue weighted by Crippen LogP contribution is -2.00. The first kappa shape index (κ1) is 7.57. The van der Waals surface area contributed by atoms with E-state index in [2.05, 4.69) is 10.1 Å². The van der Waals surface area contributed by atoms with Crippen molar-refractivity contribution >= 4 is 28.8 Å². The maximum absolute atomic E-state index is 5.71. The largest absolute Gasteiger partial charge is 0.382 e. The normalized spacial score (nSPS) is 10.4. The Kier molecular flexibility index (Phi) is 1.74. The van der Waals surface area contributed by atoms with Gasteiger partial charge in [-0.3, -0.25) is 0 Å². The molecule has 62 valence electrons. The molecule has 0 saturated heterocycles. The van der Waals surface area contributed by atoms with Crippen molar-refractivity contribution in [3.63, 3.8) is 0 Å². The molecule has 0 saturated carbocycles. The van der Waals surface area contributed by atoms with Gasteiger partial charge in [-0.15, -0.1) is 11.3 Å². The summed E-state index contributed by atoms with van der Waals surface area (Å²) in [5, 5.41) is 6.99. The molecule has 0 aromatic carbocycles. The highest BCUT2D eigenvalue weighted by Gasteiger charge is 2.07. The lowest BCUT2D eigenvalue weighted by atomic mass is 10.6. The Bertz CT molecular complexity index is 380. The van der Waals surface area contributed by atoms with Crippen molar-refractivity contribution < 1.29 is 0 Å². The molecule has 0 fully saturated rings. The molecule has 0 bridgehead atoms. The minimum atomic E-state index is 0.423. The number of rotatable bonds is 1. The van der Waals surface area contributed by atoms with Crippen LogP contribution >= 0.6 is 22.9 Å². The number of nitrogen functional groups attached to an aromatic ring is 1. The van der Waals surface area contributed by atoms with E-state index in [1.54, 1.807) is 6.20 Å². The summed E-state index contributed by atoms with van der Waals surface area (Å²) in [6, 6.07) is 0. The first-order chi connectivity index (χ1) is 5.79. The van der Waals surface area contributed by atoms with E-state index in [1.807, 2.05) is 5.38 Å². The Morgan fingerprint density at radius 1 is 1.58 bits per heavy atom. The fraction of sp³-hybridized carbons (Fsp3) is 0. The molecule has 4 nitrogen and oxygen atoms in total. The second kappa shape index (κ2) is 2.76. The van der Waals surface area contributed by atoms with E-state index in [1.165, 1.54) is 22.2 Å². The maximum Gasteiger partial charge on any atom is 0.212 e. The van der Waals surface area contributed by atoms with Crippen molar-refractivity contribution in [2.75, 3.05) is 5.73 Å². The number of nitrogens with zero attached hydrogens (tertiary/aromatic N) is 3. The van der Waals surface area contributed by atoms with Crippen molar-refractivity contribution in [3.05, 3.63) is 22.8 Å². The number of hydrogen-bond acceptors (Lipinski definition) is 4. The molecule has 2 rings (SSSR count). The zero-order chi connectivity index (χ0) is 8.55. The molecule has 0 aliphatic heterocycles. The van der Waals surface area contributed by atoms with E-state index in [9.17, 15) is 0 Å². The Morgan fingerprint density at radius 2 is 2.42 bits per heavy atom. The van der Waals surface area contributed by atoms with Crippen LogP contribution < -0.4 is 5.73 Å². The molecule has 0 unspecified atom stereocenters. The van der Waals surface area contributed by atoms with Crippen LogP contribution in [0.2, 0.25) is 5.02 Å². The number of thiazole rings is 1. The van der Waals surface area contributed by atoms with Gasteiger partial charge in [0.15, 0.2) is 0 Å². The van der Waals surface area contributed by atoms with Crippen LogP contribution in [0.5, 0.6) is 0 Å². The summed E-state index contributed by atoms with van der Waals surface area (Å²) in [4.78, 5) is 4.04. The summed E-state index contributed by atoms with van der Waals surface area (Å²) in [6.07, 6.45) is 3.19. The second-order valence-electron chi connectivity index (χ2n) is 2.10. The molecule has 0 radical (unpaired) electrons. The van der Waals surface area contributed by atoms with Crippen LogP contribution in [0.15, 0.2) is 17.8 Å². The Labute approximate surface area is 77.6 Å². The van der Waals surface area contributed by atoms with E-state index in [4.69, 9.17) is 17.3 Å². The van der Waals surface area contributed by atoms with Crippen LogP contribution in [-0.2, 0) is 0 Å². The van der Waals surface area contributed by atoms with Crippen molar-refractivity contribution in [2.24, 2.45) is 0 Å². The highest BCUT2D eigenvalue weighted by atomic mass is 35.5. The maximum atomic E-state index is 5.71. The monoisotopic (exact) mass is 200 g/mol. The van der Waals surface area contributed by atoms with E-state index in [-0.39, 0.29) is 0 Å². The van der Waals surface area contributed by atoms with Gasteiger partial charge in [0.25, 0.3) is 0 Å². The second-order valence-corrected chi connectivity index (χ2v) is 3.38. The van der Waals surface area contributed by atoms with Crippen LogP contribution in [0.1, 0.15) is 0 Å². The van der Waals surface area contributed by atoms with Crippen LogP contribution in [0, 0.1) is 0 Å². The molecule has 2 aromatic heterocycles. The van der Waals surface area contributed by atoms with Crippen molar-refractivity contribution in [3.8, 4) is 5.13 Å². The number of hydrogen-bond donors (Lipinski definition) is 1. The van der Waals surface area contributed by atoms with Gasteiger partial charge in [0, 0.05) is 11.6 Å². The standard InChI is InChI=1S/C6H5ClN4S/c7-4-3-10-11(5(4)8)6-9-1-2-12-6/h1-3H,8H2. The van der Waals surface area contributed by atoms with E-state index < -0.39 is 0 Å². The van der Waals surface area contributed by atoms with E-state index >= 15 is 0 Å². The average molecular weight is 201 g/mol. The van der Waals surface area contributed by atoms with Crippen LogP contribution in [0.3, 0.4) is 0 Å². The smallest absolute Gasteiger partial charge is 0.212 e. The SMILES string of the molecule is Nc1c(Cl)cnn1-c1nccs1. The molecule has 0 aliphatic carbocycles. The number of nitrogens with two attached hydrogens (primary N) is 1. The predicted molar refractivity (Wildman–Crippen MR) is 48.7 cm³/mol. The average Bonchev–Trinajstić information content (AvgIpc) is 2.64. The fourth-order valence-corrected chi connectivity index (χ4v) is 1.55. The van der Waals surface area contributed by atoms with Gasteiger partial charge in [0.2, 0.25) is 5.13 Å². The minimum Gasteiger partial charge on any atom is -0.382 e. The molecular weight excluding hydrogens is 196 g/mol. The van der Waals surface area contributed by atoms with Crippen molar-refractivity contribution in [1.29, 1.82) is 0 Å². The third kappa shape index (κ3) is 1.07. The van der Waals surface area contributed by atoms with Gasteiger partial charge in [-0.1, -0.05) is 11.6 Å². The molecular formula is C6H5ClN4S. The van der Waals surface area contributed by atoms with Gasteiger partial charge < -0.3 is 5.73 Å². The lowest BCUT2D eigenvalue weighted by Gasteiger charge is -1.96. The van der Waals surface area contributed by atoms with Gasteiger partial charge in [0.1, 0.15) is 10.8 Å². The van der Waals surface area contributed by atoms with Gasteiger partial charge in [0.05, 0.1) is 6.20 Å². The molecule has 2 N–H and O–H groups in total. The minimum absolute atomic E-state index is 0.423. The highest BCUT2D eigenvalue weighted by molar-refractivity contribution is 7.12. The summed E-state index contributed by atoms with van der Waals surface area (Å²) in [7, 11) is 0. The molecule has 2 heterocycles. The Morgan fingerprint density at radius 3 is 2.92 bits per heavy atom. The third-order valence-electron chi connectivity index (χ3n) is 1.36. The van der Waals surface area contributed by atoms with Crippen molar-refractivity contribution in [1.82, 2.24) is 14.8 Å². The van der Waals surface area contributed by atoms with Crippen LogP contribution in [-0.4, -0.2) is 14.8 Å². The molecule has 0 aliphatic rings. The topological polar surface area (TPSA) is 56.7 Å². The zero-order valence-electron chi connectivity index (χ0n) is 5.94. The van der Waals surface area contributed by atoms with E-state index in [0.29, 0.717) is 10.8 Å². The number of aromatic nitrogens is 3. The molecule has 0 spiro atoms. The first-order valence-electron chi connectivity index (χ1n) is 3.18. The van der Waals surface area contributed by atoms with Crippen molar-refractivity contribution in [2.45, 2.75) is 0 Å². The first-order valence-corrected chi connectivity index (χ1v) is 4.43. The van der Waals surface area contributed by atoms with Crippen LogP contribution in [0.4, 0.5) is 5.82 Å². The molecule has 12 heavy (non-hydrogen) atoms. The highest BCUT2D eigenvalue weighted by Crippen LogP contribution is 2.21. The third-order valence-corrected chi connectivity index (χ3v) is 2.40. The van der Waals surface area contributed by atoms with Crippen LogP contribution in [0.25, 0.3) is 5.13 Å². The molecule has 0 amide bonds. The molecule has 0 atom stereocenters. The number of anilines is 1. The van der Waals surface area contributed by atoms with Gasteiger partial charge in [-0.25, -0.2) is 4.98 Å². The summed E-state index contributed by atoms with van der Waals surface area (Å²) in [5.41, 5.74) is 5.63. The summed E-state index contributed by atoms with van der Waals surface area (Å²) < 4.78 is 1.51. The predicted octanol–water partition coefficient (Wildman–Crippen LogP) is 1.56. The summed E-state index contributed by atoms with van der Waals surface area (Å²) in [5.74, 6) is 0.423. The quantitative estimate of drug-likeness (QED) is 0.760. The summed E-state index contributed by atoms with van der Waals surface area (Å²) in [6.45, 7) is 0. The fourth-order valence-electron chi connectivity index (χ4n) is 0.811. The lowest BCUT2D eigenvalue weighted by molar-refractivity contribution is 0.880. The Balaban J connectivity index is 2.55. The van der Waals surface area contributed by atoms with Gasteiger partial charge in [-0.2, -0.15) is 9.78 Å². The van der Waals surface area contributed by atoms with E-state index in [0.717, 1.165) is 5.13 Å². The van der Waals surface area contributed by atoms with Gasteiger partial charge >= 0.3 is 0 Å². The Hall–Kier alpha value is -1.07. The number of halogens is 1. The summed E-state index contributed by atoms with van der Waals surface area (Å²) >= 11 is 7.17. The van der Waals surface area contributed by atoms with Gasteiger partial charge in [-0.05, 0) is 0 Å². The zero-order valence-corrected chi connectivity index (χ0v) is 7.51.